The molecular weight excluding hydrogens is 424 g/mol. The van der Waals surface area contributed by atoms with Crippen molar-refractivity contribution in [2.45, 2.75) is 25.5 Å². The van der Waals surface area contributed by atoms with Crippen molar-refractivity contribution in [1.82, 2.24) is 15.5 Å². The van der Waals surface area contributed by atoms with E-state index in [0.29, 0.717) is 36.8 Å². The quantitative estimate of drug-likeness (QED) is 0.633. The Morgan fingerprint density at radius 3 is 2.86 bits per heavy atom. The van der Waals surface area contributed by atoms with E-state index in [2.05, 4.69) is 36.5 Å². The lowest BCUT2D eigenvalue weighted by molar-refractivity contribution is -0.115. The van der Waals surface area contributed by atoms with Crippen molar-refractivity contribution < 1.29 is 14.2 Å². The lowest BCUT2D eigenvalue weighted by Gasteiger charge is -2.05. The summed E-state index contributed by atoms with van der Waals surface area (Å²) < 4.78 is 6.25. The van der Waals surface area contributed by atoms with Gasteiger partial charge in [-0.25, -0.2) is 0 Å². The third-order valence-electron chi connectivity index (χ3n) is 4.24. The Labute approximate surface area is 169 Å². The molecule has 142 valence electrons. The molecule has 4 rings (SSSR count). The van der Waals surface area contributed by atoms with Gasteiger partial charge in [-0.05, 0) is 17.7 Å². The fourth-order valence-electron chi connectivity index (χ4n) is 2.83. The second-order valence-corrected chi connectivity index (χ2v) is 7.28. The summed E-state index contributed by atoms with van der Waals surface area (Å²) in [6, 6.07) is 17.4. The van der Waals surface area contributed by atoms with Crippen molar-refractivity contribution in [3.05, 3.63) is 70.5 Å². The van der Waals surface area contributed by atoms with E-state index in [1.165, 1.54) is 0 Å². The van der Waals surface area contributed by atoms with Crippen LogP contribution >= 0.6 is 15.9 Å². The zero-order chi connectivity index (χ0) is 19.3. The number of rotatable bonds is 6. The van der Waals surface area contributed by atoms with Crippen LogP contribution in [0, 0.1) is 0 Å². The standard InChI is InChI=1S/C20H17BrN4O3/c21-15-8-4-7-14(9-15)19-23-18(28-25-19)11-16-10-17(24-27-16)20(26)22-12-13-5-2-1-3-6-13/h1-9,16H,10-12H2,(H,22,26). The maximum Gasteiger partial charge on any atom is 0.269 e. The molecule has 1 N–H and O–H groups in total. The monoisotopic (exact) mass is 440 g/mol. The highest BCUT2D eigenvalue weighted by Gasteiger charge is 2.28. The van der Waals surface area contributed by atoms with Crippen LogP contribution in [-0.4, -0.2) is 27.9 Å². The highest BCUT2D eigenvalue weighted by atomic mass is 79.9. The number of amides is 1. The van der Waals surface area contributed by atoms with Gasteiger partial charge >= 0.3 is 0 Å². The number of nitrogens with one attached hydrogen (secondary N) is 1. The van der Waals surface area contributed by atoms with Gasteiger partial charge in [-0.15, -0.1) is 0 Å². The number of halogens is 1. The van der Waals surface area contributed by atoms with Gasteiger partial charge in [-0.2, -0.15) is 4.98 Å². The summed E-state index contributed by atoms with van der Waals surface area (Å²) in [5, 5.41) is 10.8. The van der Waals surface area contributed by atoms with Gasteiger partial charge in [0.1, 0.15) is 11.8 Å². The molecule has 0 spiro atoms. The van der Waals surface area contributed by atoms with E-state index in [0.717, 1.165) is 15.6 Å². The molecule has 0 saturated heterocycles. The predicted octanol–water partition coefficient (Wildman–Crippen LogP) is 3.50. The molecule has 0 bridgehead atoms. The second kappa shape index (κ2) is 8.35. The number of carbonyl (C=O) groups is 1. The van der Waals surface area contributed by atoms with E-state index in [4.69, 9.17) is 9.36 Å². The van der Waals surface area contributed by atoms with Crippen LogP contribution in [0.3, 0.4) is 0 Å². The summed E-state index contributed by atoms with van der Waals surface area (Å²) in [5.41, 5.74) is 2.25. The van der Waals surface area contributed by atoms with Crippen LogP contribution in [0.1, 0.15) is 17.9 Å². The first-order valence-electron chi connectivity index (χ1n) is 8.81. The lowest BCUT2D eigenvalue weighted by Crippen LogP contribution is -2.30. The molecule has 2 aromatic carbocycles. The Balaban J connectivity index is 1.30. The minimum absolute atomic E-state index is 0.230. The molecule has 0 fully saturated rings. The summed E-state index contributed by atoms with van der Waals surface area (Å²) in [6.07, 6.45) is 0.489. The molecule has 28 heavy (non-hydrogen) atoms. The molecule has 0 radical (unpaired) electrons. The van der Waals surface area contributed by atoms with Crippen molar-refractivity contribution in [3.8, 4) is 11.4 Å². The molecular formula is C20H17BrN4O3. The molecule has 1 aliphatic heterocycles. The predicted molar refractivity (Wildman–Crippen MR) is 106 cm³/mol. The van der Waals surface area contributed by atoms with Crippen LogP contribution in [0.15, 0.2) is 68.7 Å². The average Bonchev–Trinajstić information content (AvgIpc) is 3.37. The van der Waals surface area contributed by atoms with E-state index in [1.54, 1.807) is 0 Å². The lowest BCUT2D eigenvalue weighted by atomic mass is 10.1. The first-order valence-corrected chi connectivity index (χ1v) is 9.60. The van der Waals surface area contributed by atoms with Gasteiger partial charge in [0.2, 0.25) is 11.7 Å². The average molecular weight is 441 g/mol. The number of carbonyl (C=O) groups excluding carboxylic acids is 1. The minimum Gasteiger partial charge on any atom is -0.391 e. The maximum atomic E-state index is 12.3. The molecule has 0 aliphatic carbocycles. The van der Waals surface area contributed by atoms with Gasteiger partial charge < -0.3 is 14.7 Å². The summed E-state index contributed by atoms with van der Waals surface area (Å²) in [6.45, 7) is 0.447. The Kier molecular flexibility index (Phi) is 5.48. The van der Waals surface area contributed by atoms with Crippen molar-refractivity contribution in [3.63, 3.8) is 0 Å². The first-order chi connectivity index (χ1) is 13.7. The number of benzene rings is 2. The van der Waals surface area contributed by atoms with Crippen LogP contribution in [0.25, 0.3) is 11.4 Å². The Morgan fingerprint density at radius 2 is 2.04 bits per heavy atom. The van der Waals surface area contributed by atoms with Gasteiger partial charge in [0.05, 0.1) is 6.42 Å². The smallest absolute Gasteiger partial charge is 0.269 e. The third kappa shape index (κ3) is 4.45. The van der Waals surface area contributed by atoms with Gasteiger partial charge in [-0.1, -0.05) is 68.7 Å². The third-order valence-corrected chi connectivity index (χ3v) is 4.74. The van der Waals surface area contributed by atoms with E-state index >= 15 is 0 Å². The van der Waals surface area contributed by atoms with Crippen LogP contribution in [-0.2, 0) is 22.6 Å². The highest BCUT2D eigenvalue weighted by Crippen LogP contribution is 2.22. The Morgan fingerprint density at radius 1 is 1.18 bits per heavy atom. The van der Waals surface area contributed by atoms with E-state index in [1.807, 2.05) is 54.6 Å². The molecule has 8 heteroatoms. The first kappa shape index (κ1) is 18.4. The fraction of sp³-hybridized carbons (Fsp3) is 0.200. The Hall–Kier alpha value is -3.00. The van der Waals surface area contributed by atoms with Crippen molar-refractivity contribution in [2.24, 2.45) is 5.16 Å². The van der Waals surface area contributed by atoms with Gasteiger partial charge in [0.25, 0.3) is 5.91 Å². The van der Waals surface area contributed by atoms with E-state index < -0.39 is 0 Å². The molecule has 1 aliphatic rings. The summed E-state index contributed by atoms with van der Waals surface area (Å²) in [4.78, 5) is 22.0. The van der Waals surface area contributed by atoms with E-state index in [9.17, 15) is 4.79 Å². The molecule has 1 aromatic heterocycles. The number of nitrogens with zero attached hydrogens (tertiary/aromatic N) is 3. The van der Waals surface area contributed by atoms with Crippen molar-refractivity contribution >= 4 is 27.5 Å². The molecule has 1 unspecified atom stereocenters. The summed E-state index contributed by atoms with van der Waals surface area (Å²) in [5.74, 6) is 0.726. The zero-order valence-corrected chi connectivity index (χ0v) is 16.4. The molecule has 1 atom stereocenters. The number of hydrogen-bond donors (Lipinski definition) is 1. The molecule has 7 nitrogen and oxygen atoms in total. The Bertz CT molecular complexity index is 1000. The normalized spacial score (nSPS) is 15.8. The van der Waals surface area contributed by atoms with Crippen LogP contribution in [0.4, 0.5) is 0 Å². The number of hydrogen-bond acceptors (Lipinski definition) is 6. The molecule has 1 amide bonds. The molecule has 2 heterocycles. The fourth-order valence-corrected chi connectivity index (χ4v) is 3.23. The van der Waals surface area contributed by atoms with Crippen LogP contribution < -0.4 is 5.32 Å². The van der Waals surface area contributed by atoms with E-state index in [-0.39, 0.29) is 12.0 Å². The number of aromatic nitrogens is 2. The summed E-state index contributed by atoms with van der Waals surface area (Å²) >= 11 is 3.43. The zero-order valence-electron chi connectivity index (χ0n) is 14.8. The van der Waals surface area contributed by atoms with Gasteiger partial charge in [-0.3, -0.25) is 4.79 Å². The number of oxime groups is 1. The van der Waals surface area contributed by atoms with Gasteiger partial charge in [0, 0.05) is 23.0 Å². The minimum atomic E-state index is -0.298. The SMILES string of the molecule is O=C(NCc1ccccc1)C1=NOC(Cc2nc(-c3cccc(Br)c3)no2)C1. The topological polar surface area (TPSA) is 89.6 Å². The molecule has 3 aromatic rings. The van der Waals surface area contributed by atoms with Crippen molar-refractivity contribution in [1.29, 1.82) is 0 Å². The van der Waals surface area contributed by atoms with Crippen molar-refractivity contribution in [2.75, 3.05) is 0 Å². The highest BCUT2D eigenvalue weighted by molar-refractivity contribution is 9.10. The second-order valence-electron chi connectivity index (χ2n) is 6.36. The summed E-state index contributed by atoms with van der Waals surface area (Å²) in [7, 11) is 0. The maximum absolute atomic E-state index is 12.3. The largest absolute Gasteiger partial charge is 0.391 e. The van der Waals surface area contributed by atoms with Gasteiger partial charge in [0.15, 0.2) is 0 Å². The van der Waals surface area contributed by atoms with Crippen LogP contribution in [0.2, 0.25) is 0 Å². The molecule has 0 saturated carbocycles. The van der Waals surface area contributed by atoms with Crippen LogP contribution in [0.5, 0.6) is 0 Å².